The molecule has 1 fully saturated rings. The van der Waals surface area contributed by atoms with Crippen molar-refractivity contribution in [2.45, 2.75) is 32.1 Å². The Morgan fingerprint density at radius 1 is 1.43 bits per heavy atom. The molecule has 4 nitrogen and oxygen atoms in total. The summed E-state index contributed by atoms with van der Waals surface area (Å²) < 4.78 is 0. The van der Waals surface area contributed by atoms with E-state index in [0.29, 0.717) is 12.3 Å². The maximum absolute atomic E-state index is 12.1. The van der Waals surface area contributed by atoms with Crippen LogP contribution in [0.15, 0.2) is 10.9 Å². The Labute approximate surface area is 143 Å². The second-order valence-corrected chi connectivity index (χ2v) is 5.91. The number of likely N-dealkylation sites (tertiary alicyclic amines) is 1. The number of hydrogen-bond acceptors (Lipinski definition) is 4. The van der Waals surface area contributed by atoms with Crippen LogP contribution in [0.5, 0.6) is 0 Å². The van der Waals surface area contributed by atoms with Crippen LogP contribution in [0.4, 0.5) is 0 Å². The molecule has 0 aromatic carbocycles. The minimum atomic E-state index is 0. The van der Waals surface area contributed by atoms with E-state index in [1.54, 1.807) is 11.3 Å². The summed E-state index contributed by atoms with van der Waals surface area (Å²) in [4.78, 5) is 18.4. The zero-order valence-corrected chi connectivity index (χ0v) is 14.9. The lowest BCUT2D eigenvalue weighted by molar-refractivity contribution is -0.132. The predicted molar refractivity (Wildman–Crippen MR) is 92.8 cm³/mol. The molecule has 2 heterocycles. The van der Waals surface area contributed by atoms with Crippen LogP contribution in [0.2, 0.25) is 0 Å². The Balaban J connectivity index is 0.00000200. The third-order valence-corrected chi connectivity index (χ3v) is 4.48. The van der Waals surface area contributed by atoms with Gasteiger partial charge >= 0.3 is 0 Å². The fourth-order valence-electron chi connectivity index (χ4n) is 2.57. The van der Waals surface area contributed by atoms with Crippen molar-refractivity contribution in [3.05, 3.63) is 16.6 Å². The molecule has 0 radical (unpaired) electrons. The molecule has 1 aromatic rings. The highest BCUT2D eigenvalue weighted by Crippen LogP contribution is 2.20. The molecule has 0 saturated carbocycles. The number of amides is 1. The fourth-order valence-corrected chi connectivity index (χ4v) is 3.17. The molecule has 0 aliphatic carbocycles. The molecular formula is C14H25Cl2N3OS. The topological polar surface area (TPSA) is 45.2 Å². The predicted octanol–water partition coefficient (Wildman–Crippen LogP) is 2.77. The van der Waals surface area contributed by atoms with Crippen LogP contribution in [-0.2, 0) is 11.2 Å². The number of piperidine rings is 1. The summed E-state index contributed by atoms with van der Waals surface area (Å²) in [5.41, 5.74) is 2.87. The van der Waals surface area contributed by atoms with Gasteiger partial charge < -0.3 is 10.2 Å². The first kappa shape index (κ1) is 20.6. The SMILES string of the molecule is CNCCC1CCN(C(=O)CCc2cscn2)CC1.Cl.Cl. The van der Waals surface area contributed by atoms with Crippen molar-refractivity contribution < 1.29 is 4.79 Å². The van der Waals surface area contributed by atoms with Crippen molar-refractivity contribution in [3.8, 4) is 0 Å². The first-order chi connectivity index (χ1) is 9.29. The molecule has 1 aliphatic rings. The van der Waals surface area contributed by atoms with Gasteiger partial charge in [0.15, 0.2) is 0 Å². The van der Waals surface area contributed by atoms with Crippen molar-refractivity contribution in [1.29, 1.82) is 0 Å². The van der Waals surface area contributed by atoms with Crippen molar-refractivity contribution in [2.24, 2.45) is 5.92 Å². The maximum atomic E-state index is 12.1. The van der Waals surface area contributed by atoms with Gasteiger partial charge in [0.1, 0.15) is 0 Å². The van der Waals surface area contributed by atoms with E-state index in [1.165, 1.54) is 6.42 Å². The van der Waals surface area contributed by atoms with Gasteiger partial charge in [-0.1, -0.05) is 0 Å². The zero-order valence-electron chi connectivity index (χ0n) is 12.4. The summed E-state index contributed by atoms with van der Waals surface area (Å²) in [6, 6.07) is 0. The third-order valence-electron chi connectivity index (χ3n) is 3.85. The Hall–Kier alpha value is -0.360. The van der Waals surface area contributed by atoms with E-state index in [1.807, 2.05) is 22.8 Å². The monoisotopic (exact) mass is 353 g/mol. The second-order valence-electron chi connectivity index (χ2n) is 5.20. The van der Waals surface area contributed by atoms with Crippen LogP contribution >= 0.6 is 36.2 Å². The molecule has 122 valence electrons. The van der Waals surface area contributed by atoms with E-state index in [4.69, 9.17) is 0 Å². The van der Waals surface area contributed by atoms with Crippen molar-refractivity contribution in [2.75, 3.05) is 26.7 Å². The Morgan fingerprint density at radius 2 is 2.14 bits per heavy atom. The summed E-state index contributed by atoms with van der Waals surface area (Å²) in [5.74, 6) is 1.08. The number of carbonyl (C=O) groups excluding carboxylic acids is 1. The van der Waals surface area contributed by atoms with Gasteiger partial charge in [0.25, 0.3) is 0 Å². The van der Waals surface area contributed by atoms with Crippen molar-refractivity contribution in [1.82, 2.24) is 15.2 Å². The summed E-state index contributed by atoms with van der Waals surface area (Å²) in [6.07, 6.45) is 4.93. The zero-order chi connectivity index (χ0) is 13.5. The summed E-state index contributed by atoms with van der Waals surface area (Å²) in [5, 5.41) is 5.22. The summed E-state index contributed by atoms with van der Waals surface area (Å²) in [7, 11) is 2.00. The van der Waals surface area contributed by atoms with Gasteiger partial charge in [0.2, 0.25) is 5.91 Å². The van der Waals surface area contributed by atoms with Gasteiger partial charge in [-0.05, 0) is 45.2 Å². The number of rotatable bonds is 6. The standard InChI is InChI=1S/C14H23N3OS.2ClH/c1-15-7-4-12-5-8-17(9-6-12)14(18)3-2-13-10-19-11-16-13;;/h10-12,15H,2-9H2,1H3;2*1H. The highest BCUT2D eigenvalue weighted by molar-refractivity contribution is 7.07. The number of halogens is 2. The molecule has 0 atom stereocenters. The average Bonchev–Trinajstić information content (AvgIpc) is 2.96. The molecule has 1 saturated heterocycles. The smallest absolute Gasteiger partial charge is 0.222 e. The molecule has 0 spiro atoms. The van der Waals surface area contributed by atoms with E-state index in [0.717, 1.165) is 50.5 Å². The Kier molecular flexibility index (Phi) is 11.0. The van der Waals surface area contributed by atoms with Gasteiger partial charge in [-0.3, -0.25) is 4.79 Å². The Bertz CT molecular complexity index is 382. The van der Waals surface area contributed by atoms with Crippen LogP contribution in [0.3, 0.4) is 0 Å². The highest BCUT2D eigenvalue weighted by atomic mass is 35.5. The largest absolute Gasteiger partial charge is 0.343 e. The van der Waals surface area contributed by atoms with Crippen LogP contribution in [0.25, 0.3) is 0 Å². The maximum Gasteiger partial charge on any atom is 0.222 e. The van der Waals surface area contributed by atoms with Crippen LogP contribution in [-0.4, -0.2) is 42.5 Å². The van der Waals surface area contributed by atoms with Crippen LogP contribution in [0.1, 0.15) is 31.4 Å². The first-order valence-corrected chi connectivity index (χ1v) is 8.03. The average molecular weight is 354 g/mol. The van der Waals surface area contributed by atoms with Gasteiger partial charge in [0.05, 0.1) is 11.2 Å². The van der Waals surface area contributed by atoms with E-state index < -0.39 is 0 Å². The molecule has 1 amide bonds. The third kappa shape index (κ3) is 6.96. The number of nitrogens with zero attached hydrogens (tertiary/aromatic N) is 2. The highest BCUT2D eigenvalue weighted by Gasteiger charge is 2.22. The van der Waals surface area contributed by atoms with Crippen LogP contribution < -0.4 is 5.32 Å². The van der Waals surface area contributed by atoms with Gasteiger partial charge in [-0.15, -0.1) is 36.2 Å². The molecule has 0 bridgehead atoms. The number of nitrogens with one attached hydrogen (secondary N) is 1. The number of aromatic nitrogens is 1. The molecule has 1 aromatic heterocycles. The molecule has 21 heavy (non-hydrogen) atoms. The lowest BCUT2D eigenvalue weighted by Gasteiger charge is -2.32. The summed E-state index contributed by atoms with van der Waals surface area (Å²) in [6.45, 7) is 2.96. The summed E-state index contributed by atoms with van der Waals surface area (Å²) >= 11 is 1.59. The van der Waals surface area contributed by atoms with Crippen molar-refractivity contribution in [3.63, 3.8) is 0 Å². The number of carbonyl (C=O) groups is 1. The first-order valence-electron chi connectivity index (χ1n) is 7.09. The normalized spacial score (nSPS) is 15.2. The molecule has 1 aliphatic heterocycles. The molecular weight excluding hydrogens is 329 g/mol. The van der Waals surface area contributed by atoms with E-state index in [-0.39, 0.29) is 24.8 Å². The quantitative estimate of drug-likeness (QED) is 0.855. The molecule has 0 unspecified atom stereocenters. The number of aryl methyl sites for hydroxylation is 1. The van der Waals surface area contributed by atoms with Gasteiger partial charge in [-0.2, -0.15) is 0 Å². The minimum Gasteiger partial charge on any atom is -0.343 e. The van der Waals surface area contributed by atoms with E-state index in [9.17, 15) is 4.79 Å². The van der Waals surface area contributed by atoms with Gasteiger partial charge in [-0.25, -0.2) is 4.98 Å². The lowest BCUT2D eigenvalue weighted by Crippen LogP contribution is -2.39. The molecule has 1 N–H and O–H groups in total. The molecule has 2 rings (SSSR count). The number of thiazole rings is 1. The number of hydrogen-bond donors (Lipinski definition) is 1. The van der Waals surface area contributed by atoms with Gasteiger partial charge in [0, 0.05) is 24.9 Å². The molecule has 7 heteroatoms. The lowest BCUT2D eigenvalue weighted by atomic mass is 9.93. The van der Waals surface area contributed by atoms with E-state index >= 15 is 0 Å². The van der Waals surface area contributed by atoms with E-state index in [2.05, 4.69) is 10.3 Å². The minimum absolute atomic E-state index is 0. The van der Waals surface area contributed by atoms with Crippen LogP contribution in [0, 0.1) is 5.92 Å². The second kappa shape index (κ2) is 11.2. The Morgan fingerprint density at radius 3 is 2.71 bits per heavy atom. The van der Waals surface area contributed by atoms with Crippen molar-refractivity contribution >= 4 is 42.1 Å². The fraction of sp³-hybridized carbons (Fsp3) is 0.714.